The minimum absolute atomic E-state index is 0.142. The van der Waals surface area contributed by atoms with Gasteiger partial charge in [0.15, 0.2) is 6.10 Å². The summed E-state index contributed by atoms with van der Waals surface area (Å²) in [5, 5.41) is 2.72. The maximum absolute atomic E-state index is 13.3. The fourth-order valence-corrected chi connectivity index (χ4v) is 9.21. The standard InChI is InChI=1S/C25H33ClN2O6S/c1-16-3-4-20(10-21(16)35(31,32)28-5-7-33-8-6-28)27-22(29)17(2)34-23(30)24-11-18-9-19(12-24)14-25(26,13-18)15-24/h3-4,10,17-19H,5-9,11-15H2,1-2H3,(H,27,29)/t17-,18-,19+,24?,25?/m0/s1. The minimum Gasteiger partial charge on any atom is -0.452 e. The number of carbonyl (C=O) groups is 2. The molecular formula is C25H33ClN2O6S. The van der Waals surface area contributed by atoms with Crippen LogP contribution in [0.1, 0.15) is 51.0 Å². The highest BCUT2D eigenvalue weighted by Crippen LogP contribution is 2.64. The number of halogens is 1. The highest BCUT2D eigenvalue weighted by molar-refractivity contribution is 7.89. The summed E-state index contributed by atoms with van der Waals surface area (Å²) in [5.41, 5.74) is 0.333. The van der Waals surface area contributed by atoms with Gasteiger partial charge in [-0.05, 0) is 81.9 Å². The van der Waals surface area contributed by atoms with Crippen molar-refractivity contribution >= 4 is 39.2 Å². The molecule has 5 atom stereocenters. The minimum atomic E-state index is -3.72. The van der Waals surface area contributed by atoms with Gasteiger partial charge in [-0.25, -0.2) is 8.42 Å². The van der Waals surface area contributed by atoms with Crippen molar-refractivity contribution in [3.63, 3.8) is 0 Å². The van der Waals surface area contributed by atoms with E-state index in [4.69, 9.17) is 21.1 Å². The number of benzene rings is 1. The van der Waals surface area contributed by atoms with Crippen LogP contribution in [0.25, 0.3) is 0 Å². The van der Waals surface area contributed by atoms with Crippen LogP contribution >= 0.6 is 11.6 Å². The van der Waals surface area contributed by atoms with Crippen LogP contribution in [0.2, 0.25) is 0 Å². The van der Waals surface area contributed by atoms with E-state index in [0.717, 1.165) is 32.1 Å². The fourth-order valence-electron chi connectivity index (χ4n) is 6.85. The predicted molar refractivity (Wildman–Crippen MR) is 131 cm³/mol. The maximum Gasteiger partial charge on any atom is 0.312 e. The molecule has 1 heterocycles. The summed E-state index contributed by atoms with van der Waals surface area (Å²) in [6.07, 6.45) is 4.21. The van der Waals surface area contributed by atoms with E-state index in [1.54, 1.807) is 26.0 Å². The number of rotatable bonds is 6. The lowest BCUT2D eigenvalue weighted by atomic mass is 9.49. The van der Waals surface area contributed by atoms with Crippen molar-refractivity contribution in [2.75, 3.05) is 31.6 Å². The van der Waals surface area contributed by atoms with Gasteiger partial charge in [-0.1, -0.05) is 6.07 Å². The largest absolute Gasteiger partial charge is 0.452 e. The number of esters is 1. The van der Waals surface area contributed by atoms with Gasteiger partial charge < -0.3 is 14.8 Å². The lowest BCUT2D eigenvalue weighted by molar-refractivity contribution is -0.176. The molecule has 35 heavy (non-hydrogen) atoms. The van der Waals surface area contributed by atoms with Gasteiger partial charge in [-0.3, -0.25) is 9.59 Å². The van der Waals surface area contributed by atoms with E-state index in [2.05, 4.69) is 5.32 Å². The summed E-state index contributed by atoms with van der Waals surface area (Å²) in [5.74, 6) is 0.0654. The third-order valence-electron chi connectivity index (χ3n) is 8.12. The second-order valence-electron chi connectivity index (χ2n) is 10.9. The number of amides is 1. The number of alkyl halides is 1. The Hall–Kier alpha value is -1.68. The van der Waals surface area contributed by atoms with E-state index < -0.39 is 27.4 Å². The fraction of sp³-hybridized carbons (Fsp3) is 0.680. The van der Waals surface area contributed by atoms with Crippen LogP contribution in [-0.2, 0) is 29.1 Å². The molecule has 0 aromatic heterocycles. The smallest absolute Gasteiger partial charge is 0.312 e. The first-order valence-electron chi connectivity index (χ1n) is 12.4. The predicted octanol–water partition coefficient (Wildman–Crippen LogP) is 3.46. The van der Waals surface area contributed by atoms with E-state index in [0.29, 0.717) is 55.8 Å². The van der Waals surface area contributed by atoms with E-state index >= 15 is 0 Å². The molecule has 1 aromatic carbocycles. The van der Waals surface area contributed by atoms with Gasteiger partial charge in [0, 0.05) is 23.7 Å². The van der Waals surface area contributed by atoms with Crippen LogP contribution in [0.5, 0.6) is 0 Å². The molecule has 5 fully saturated rings. The number of morpholine rings is 1. The Morgan fingerprint density at radius 1 is 1.17 bits per heavy atom. The molecule has 4 aliphatic carbocycles. The highest BCUT2D eigenvalue weighted by Gasteiger charge is 2.61. The molecular weight excluding hydrogens is 492 g/mol. The lowest BCUT2D eigenvalue weighted by Gasteiger charge is -2.58. The Kier molecular flexibility index (Phi) is 6.43. The number of hydrogen-bond acceptors (Lipinski definition) is 6. The van der Waals surface area contributed by atoms with Gasteiger partial charge in [0.1, 0.15) is 0 Å². The van der Waals surface area contributed by atoms with Crippen molar-refractivity contribution in [3.05, 3.63) is 23.8 Å². The van der Waals surface area contributed by atoms with Crippen LogP contribution in [0.3, 0.4) is 0 Å². The highest BCUT2D eigenvalue weighted by atomic mass is 35.5. The van der Waals surface area contributed by atoms with Gasteiger partial charge in [0.25, 0.3) is 5.91 Å². The monoisotopic (exact) mass is 524 g/mol. The molecule has 2 unspecified atom stereocenters. The third-order valence-corrected chi connectivity index (χ3v) is 10.6. The molecule has 1 saturated heterocycles. The SMILES string of the molecule is Cc1ccc(NC(=O)[C@H](C)OC(=O)C23C[C@@H]4C[C@@H](CC(Cl)(C4)C2)C3)cc1S(=O)(=O)N1CCOCC1. The van der Waals surface area contributed by atoms with Crippen molar-refractivity contribution < 1.29 is 27.5 Å². The molecule has 0 radical (unpaired) electrons. The van der Waals surface area contributed by atoms with Crippen molar-refractivity contribution in [2.24, 2.45) is 17.3 Å². The van der Waals surface area contributed by atoms with Crippen LogP contribution in [0, 0.1) is 24.2 Å². The first-order valence-corrected chi connectivity index (χ1v) is 14.2. The summed E-state index contributed by atoms with van der Waals surface area (Å²) in [7, 11) is -3.72. The Balaban J connectivity index is 1.26. The van der Waals surface area contributed by atoms with Crippen LogP contribution in [0.4, 0.5) is 5.69 Å². The number of sulfonamides is 1. The summed E-state index contributed by atoms with van der Waals surface area (Å²) in [6.45, 7) is 4.55. The summed E-state index contributed by atoms with van der Waals surface area (Å²) >= 11 is 6.84. The van der Waals surface area contributed by atoms with E-state index in [1.807, 2.05) is 0 Å². The maximum atomic E-state index is 13.3. The van der Waals surface area contributed by atoms with Crippen molar-refractivity contribution in [3.8, 4) is 0 Å². The van der Waals surface area contributed by atoms with Crippen molar-refractivity contribution in [1.82, 2.24) is 4.31 Å². The van der Waals surface area contributed by atoms with Gasteiger partial charge in [-0.2, -0.15) is 4.31 Å². The molecule has 5 aliphatic rings. The van der Waals surface area contributed by atoms with Crippen molar-refractivity contribution in [1.29, 1.82) is 0 Å². The van der Waals surface area contributed by atoms with Gasteiger partial charge in [0.2, 0.25) is 10.0 Å². The molecule has 4 bridgehead atoms. The Bertz CT molecular complexity index is 1120. The molecule has 1 aromatic rings. The zero-order valence-corrected chi connectivity index (χ0v) is 21.8. The Morgan fingerprint density at radius 2 is 1.83 bits per heavy atom. The molecule has 1 amide bonds. The zero-order valence-electron chi connectivity index (χ0n) is 20.2. The number of ether oxygens (including phenoxy) is 2. The normalized spacial score (nSPS) is 33.3. The quantitative estimate of drug-likeness (QED) is 0.451. The molecule has 10 heteroatoms. The molecule has 192 valence electrons. The number of anilines is 1. The van der Waals surface area contributed by atoms with E-state index in [9.17, 15) is 18.0 Å². The molecule has 4 saturated carbocycles. The Labute approximate surface area is 211 Å². The number of nitrogens with zero attached hydrogens (tertiary/aromatic N) is 1. The molecule has 1 aliphatic heterocycles. The van der Waals surface area contributed by atoms with E-state index in [-0.39, 0.29) is 15.7 Å². The molecule has 6 rings (SSSR count). The summed E-state index contributed by atoms with van der Waals surface area (Å²) < 4.78 is 38.6. The first kappa shape index (κ1) is 25.0. The molecule has 0 spiro atoms. The third kappa shape index (κ3) is 4.72. The topological polar surface area (TPSA) is 102 Å². The number of aryl methyl sites for hydroxylation is 1. The second kappa shape index (κ2) is 9.01. The van der Waals surface area contributed by atoms with Gasteiger partial charge >= 0.3 is 5.97 Å². The van der Waals surface area contributed by atoms with Crippen LogP contribution < -0.4 is 5.32 Å². The van der Waals surface area contributed by atoms with Crippen LogP contribution in [-0.4, -0.2) is 61.9 Å². The number of carbonyl (C=O) groups excluding carboxylic acids is 2. The lowest BCUT2D eigenvalue weighted by Crippen LogP contribution is -2.57. The first-order chi connectivity index (χ1) is 16.5. The number of hydrogen-bond donors (Lipinski definition) is 1. The van der Waals surface area contributed by atoms with Crippen LogP contribution in [0.15, 0.2) is 23.1 Å². The average Bonchev–Trinajstić information content (AvgIpc) is 2.79. The Morgan fingerprint density at radius 3 is 2.46 bits per heavy atom. The summed E-state index contributed by atoms with van der Waals surface area (Å²) in [6, 6.07) is 4.77. The van der Waals surface area contributed by atoms with Gasteiger partial charge in [0.05, 0.1) is 23.5 Å². The summed E-state index contributed by atoms with van der Waals surface area (Å²) in [4.78, 5) is 26.0. The van der Waals surface area contributed by atoms with Crippen molar-refractivity contribution in [2.45, 2.75) is 68.2 Å². The van der Waals surface area contributed by atoms with Gasteiger partial charge in [-0.15, -0.1) is 11.6 Å². The van der Waals surface area contributed by atoms with E-state index in [1.165, 1.54) is 10.4 Å². The second-order valence-corrected chi connectivity index (χ2v) is 13.6. The average molecular weight is 525 g/mol. The molecule has 1 N–H and O–H groups in total. The number of nitrogens with one attached hydrogen (secondary N) is 1. The molecule has 8 nitrogen and oxygen atoms in total. The zero-order chi connectivity index (χ0) is 25.0.